The molecule has 1 N–H and O–H groups in total. The lowest BCUT2D eigenvalue weighted by atomic mass is 9.92. The van der Waals surface area contributed by atoms with E-state index in [1.54, 1.807) is 0 Å². The van der Waals surface area contributed by atoms with E-state index in [9.17, 15) is 14.7 Å². The topological polar surface area (TPSA) is 63.6 Å². The Morgan fingerprint density at radius 3 is 2.42 bits per heavy atom. The Morgan fingerprint density at radius 1 is 1.18 bits per heavy atom. The molecule has 0 bridgehead atoms. The van der Waals surface area contributed by atoms with Crippen molar-refractivity contribution in [2.75, 3.05) is 0 Å². The fourth-order valence-corrected chi connectivity index (χ4v) is 3.64. The van der Waals surface area contributed by atoms with Crippen LogP contribution >= 0.6 is 0 Å². The van der Waals surface area contributed by atoms with Gasteiger partial charge in [0, 0.05) is 11.5 Å². The maximum absolute atomic E-state index is 12.3. The molecular weight excluding hydrogens is 412 g/mol. The molecule has 0 aromatic heterocycles. The van der Waals surface area contributed by atoms with Crippen LogP contribution in [0.5, 0.6) is 0 Å². The van der Waals surface area contributed by atoms with Gasteiger partial charge in [0.05, 0.1) is 0 Å². The van der Waals surface area contributed by atoms with Crippen LogP contribution in [-0.2, 0) is 20.7 Å². The first-order valence-corrected chi connectivity index (χ1v) is 12.0. The smallest absolute Gasteiger partial charge is 0.184 e. The highest BCUT2D eigenvalue weighted by molar-refractivity contribution is 5.93. The molecule has 33 heavy (non-hydrogen) atoms. The number of aliphatic hydroxyl groups is 1. The summed E-state index contributed by atoms with van der Waals surface area (Å²) in [5, 5.41) is 10.4. The van der Waals surface area contributed by atoms with E-state index in [0.717, 1.165) is 36.0 Å². The van der Waals surface area contributed by atoms with Crippen LogP contribution in [0.1, 0.15) is 83.1 Å². The summed E-state index contributed by atoms with van der Waals surface area (Å²) in [4.78, 5) is 21.7. The van der Waals surface area contributed by atoms with Crippen molar-refractivity contribution < 1.29 is 19.4 Å². The second-order valence-corrected chi connectivity index (χ2v) is 9.32. The third-order valence-corrected chi connectivity index (χ3v) is 5.79. The SMILES string of the molecule is C=C1OC(C)C(C)/C=C\C(=O)C(O)C(C)C/C=C/c2cc(CCCC)cc(C)c21.CC(C)=O. The van der Waals surface area contributed by atoms with Crippen molar-refractivity contribution in [2.45, 2.75) is 86.4 Å². The molecule has 182 valence electrons. The molecule has 4 unspecified atom stereocenters. The average Bonchev–Trinajstić information content (AvgIpc) is 2.73. The Labute approximate surface area is 200 Å². The number of allylic oxidation sites excluding steroid dienone is 1. The number of hydrogen-bond acceptors (Lipinski definition) is 4. The Hall–Kier alpha value is -2.46. The van der Waals surface area contributed by atoms with Crippen molar-refractivity contribution in [3.05, 3.63) is 59.2 Å². The summed E-state index contributed by atoms with van der Waals surface area (Å²) < 4.78 is 6.17. The van der Waals surface area contributed by atoms with Crippen LogP contribution in [0.15, 0.2) is 36.9 Å². The maximum Gasteiger partial charge on any atom is 0.184 e. The molecule has 0 radical (unpaired) electrons. The maximum atomic E-state index is 12.3. The summed E-state index contributed by atoms with van der Waals surface area (Å²) in [7, 11) is 0. The van der Waals surface area contributed by atoms with Gasteiger partial charge in [0.2, 0.25) is 0 Å². The number of carbonyl (C=O) groups is 2. The van der Waals surface area contributed by atoms with E-state index in [-0.39, 0.29) is 29.5 Å². The number of benzene rings is 1. The van der Waals surface area contributed by atoms with E-state index in [1.807, 2.05) is 32.9 Å². The van der Waals surface area contributed by atoms with Gasteiger partial charge in [-0.3, -0.25) is 4.79 Å². The summed E-state index contributed by atoms with van der Waals surface area (Å²) in [6.07, 6.45) is 10.3. The van der Waals surface area contributed by atoms with Gasteiger partial charge < -0.3 is 14.6 Å². The molecule has 1 aromatic carbocycles. The van der Waals surface area contributed by atoms with Gasteiger partial charge in [0.1, 0.15) is 23.8 Å². The number of ether oxygens (including phenoxy) is 1. The molecule has 1 aromatic rings. The standard InChI is InChI=1S/C26H36O3.C3H6O/c1-7-8-11-22-15-19(4)25-21(6)29-20(5)17(2)13-14-24(27)26(28)18(3)10-9-12-23(25)16-22;1-3(2)4/h9,12-18,20,26,28H,6-8,10-11H2,1-5H3;1-2H3/b12-9+,14-13-;. The monoisotopic (exact) mass is 454 g/mol. The molecular formula is C29H42O4. The molecule has 0 fully saturated rings. The first-order chi connectivity index (χ1) is 15.5. The summed E-state index contributed by atoms with van der Waals surface area (Å²) in [6.45, 7) is 17.5. The summed E-state index contributed by atoms with van der Waals surface area (Å²) >= 11 is 0. The van der Waals surface area contributed by atoms with Gasteiger partial charge in [-0.25, -0.2) is 0 Å². The molecule has 1 heterocycles. The van der Waals surface area contributed by atoms with Crippen molar-refractivity contribution in [3.63, 3.8) is 0 Å². The third-order valence-electron chi connectivity index (χ3n) is 5.79. The highest BCUT2D eigenvalue weighted by Crippen LogP contribution is 2.29. The molecule has 0 saturated heterocycles. The second-order valence-electron chi connectivity index (χ2n) is 9.32. The van der Waals surface area contributed by atoms with E-state index in [0.29, 0.717) is 12.2 Å². The molecule has 2 rings (SSSR count). The number of aryl methyl sites for hydroxylation is 2. The normalized spacial score (nSPS) is 25.6. The van der Waals surface area contributed by atoms with E-state index < -0.39 is 6.10 Å². The quantitative estimate of drug-likeness (QED) is 0.567. The van der Waals surface area contributed by atoms with Crippen LogP contribution < -0.4 is 0 Å². The Kier molecular flexibility index (Phi) is 12.1. The number of ketones is 2. The van der Waals surface area contributed by atoms with Crippen LogP contribution in [0, 0.1) is 18.8 Å². The van der Waals surface area contributed by atoms with Crippen molar-refractivity contribution in [2.24, 2.45) is 11.8 Å². The lowest BCUT2D eigenvalue weighted by Crippen LogP contribution is -2.26. The highest BCUT2D eigenvalue weighted by atomic mass is 16.5. The van der Waals surface area contributed by atoms with Crippen molar-refractivity contribution in [1.82, 2.24) is 0 Å². The highest BCUT2D eigenvalue weighted by Gasteiger charge is 2.21. The van der Waals surface area contributed by atoms with Gasteiger partial charge in [0.25, 0.3) is 0 Å². The largest absolute Gasteiger partial charge is 0.490 e. The van der Waals surface area contributed by atoms with Gasteiger partial charge in [0.15, 0.2) is 5.78 Å². The molecule has 0 saturated carbocycles. The fraction of sp³-hybridized carbons (Fsp3) is 0.517. The number of rotatable bonds is 3. The predicted octanol–water partition coefficient (Wildman–Crippen LogP) is 6.48. The van der Waals surface area contributed by atoms with Crippen molar-refractivity contribution >= 4 is 23.4 Å². The van der Waals surface area contributed by atoms with E-state index >= 15 is 0 Å². The molecule has 0 amide bonds. The molecule has 1 aliphatic heterocycles. The van der Waals surface area contributed by atoms with Crippen molar-refractivity contribution in [1.29, 1.82) is 0 Å². The fourth-order valence-electron chi connectivity index (χ4n) is 3.64. The van der Waals surface area contributed by atoms with Gasteiger partial charge in [-0.15, -0.1) is 0 Å². The van der Waals surface area contributed by atoms with Crippen LogP contribution in [0.25, 0.3) is 11.8 Å². The van der Waals surface area contributed by atoms with E-state index in [1.165, 1.54) is 25.5 Å². The van der Waals surface area contributed by atoms with Crippen LogP contribution in [0.3, 0.4) is 0 Å². The van der Waals surface area contributed by atoms with Gasteiger partial charge in [-0.05, 0) is 75.6 Å². The minimum absolute atomic E-state index is 0.0178. The minimum Gasteiger partial charge on any atom is -0.490 e. The molecule has 4 heteroatoms. The number of Topliss-reactive ketones (excluding diaryl/α,β-unsaturated/α-hetero) is 1. The first-order valence-electron chi connectivity index (χ1n) is 12.0. The first kappa shape index (κ1) is 28.6. The van der Waals surface area contributed by atoms with Crippen molar-refractivity contribution in [3.8, 4) is 0 Å². The Balaban J connectivity index is 0.00000125. The van der Waals surface area contributed by atoms with Gasteiger partial charge in [-0.2, -0.15) is 0 Å². The zero-order valence-corrected chi connectivity index (χ0v) is 21.5. The van der Waals surface area contributed by atoms with E-state index in [4.69, 9.17) is 4.74 Å². The molecule has 0 aliphatic carbocycles. The lowest BCUT2D eigenvalue weighted by molar-refractivity contribution is -0.124. The van der Waals surface area contributed by atoms with Crippen LogP contribution in [-0.4, -0.2) is 28.9 Å². The van der Waals surface area contributed by atoms with E-state index in [2.05, 4.69) is 38.6 Å². The van der Waals surface area contributed by atoms with Crippen LogP contribution in [0.4, 0.5) is 0 Å². The molecule has 4 atom stereocenters. The summed E-state index contributed by atoms with van der Waals surface area (Å²) in [5.74, 6) is 0.447. The summed E-state index contributed by atoms with van der Waals surface area (Å²) in [5.41, 5.74) is 4.59. The summed E-state index contributed by atoms with van der Waals surface area (Å²) in [6, 6.07) is 4.45. The number of hydrogen-bond donors (Lipinski definition) is 1. The molecule has 1 aliphatic rings. The predicted molar refractivity (Wildman–Crippen MR) is 138 cm³/mol. The molecule has 0 spiro atoms. The third kappa shape index (κ3) is 9.51. The minimum atomic E-state index is -0.991. The number of aliphatic hydroxyl groups excluding tert-OH is 1. The number of fused-ring (bicyclic) bond motifs is 1. The van der Waals surface area contributed by atoms with Gasteiger partial charge in [-0.1, -0.05) is 64.1 Å². The Bertz CT molecular complexity index is 874. The number of carbonyl (C=O) groups excluding carboxylic acids is 2. The lowest BCUT2D eigenvalue weighted by Gasteiger charge is -2.23. The van der Waals surface area contributed by atoms with Gasteiger partial charge >= 0.3 is 0 Å². The average molecular weight is 455 g/mol. The second kappa shape index (κ2) is 13.9. The zero-order valence-electron chi connectivity index (χ0n) is 21.5. The molecule has 4 nitrogen and oxygen atoms in total. The zero-order chi connectivity index (χ0) is 25.1. The number of unbranched alkanes of at least 4 members (excludes halogenated alkanes) is 1. The van der Waals surface area contributed by atoms with Crippen LogP contribution in [0.2, 0.25) is 0 Å². The Morgan fingerprint density at radius 2 is 1.82 bits per heavy atom.